The number of hydrogen-bond acceptors (Lipinski definition) is 3. The van der Waals surface area contributed by atoms with Crippen molar-refractivity contribution in [1.29, 1.82) is 0 Å². The highest BCUT2D eigenvalue weighted by Crippen LogP contribution is 2.23. The second kappa shape index (κ2) is 6.98. The molecular weight excluding hydrogens is 228 g/mol. The molecular formula is C14H28N2O2. The summed E-state index contributed by atoms with van der Waals surface area (Å²) in [7, 11) is 0. The van der Waals surface area contributed by atoms with E-state index in [2.05, 4.69) is 17.6 Å². The zero-order chi connectivity index (χ0) is 13.6. The standard InChI is InChI=1S/C14H28N2O2/c1-5-11-6-8-15-9-7-12(11)10-16-13(17)18-14(2,3)4/h11-12,15H,5-10H2,1-4H3,(H,16,17). The Hall–Kier alpha value is -0.770. The fourth-order valence-electron chi connectivity index (χ4n) is 2.51. The number of carbonyl (C=O) groups excluding carboxylic acids is 1. The van der Waals surface area contributed by atoms with Crippen molar-refractivity contribution in [2.75, 3.05) is 19.6 Å². The highest BCUT2D eigenvalue weighted by Gasteiger charge is 2.23. The van der Waals surface area contributed by atoms with Gasteiger partial charge in [-0.15, -0.1) is 0 Å². The van der Waals surface area contributed by atoms with Gasteiger partial charge >= 0.3 is 6.09 Å². The molecule has 2 unspecified atom stereocenters. The SMILES string of the molecule is CCC1CCNCCC1CNC(=O)OC(C)(C)C. The summed E-state index contributed by atoms with van der Waals surface area (Å²) >= 11 is 0. The lowest BCUT2D eigenvalue weighted by Gasteiger charge is -2.25. The number of alkyl carbamates (subject to hydrolysis) is 1. The summed E-state index contributed by atoms with van der Waals surface area (Å²) in [5.41, 5.74) is -0.417. The van der Waals surface area contributed by atoms with E-state index in [4.69, 9.17) is 4.74 Å². The Morgan fingerprint density at radius 1 is 1.28 bits per heavy atom. The number of carbonyl (C=O) groups is 1. The van der Waals surface area contributed by atoms with Gasteiger partial charge in [0, 0.05) is 6.54 Å². The van der Waals surface area contributed by atoms with Crippen LogP contribution in [0, 0.1) is 11.8 Å². The van der Waals surface area contributed by atoms with Gasteiger partial charge in [0.15, 0.2) is 0 Å². The lowest BCUT2D eigenvalue weighted by atomic mass is 9.86. The molecule has 1 amide bonds. The molecule has 0 bridgehead atoms. The van der Waals surface area contributed by atoms with Crippen LogP contribution in [0.15, 0.2) is 0 Å². The van der Waals surface area contributed by atoms with Crippen LogP contribution in [-0.2, 0) is 4.74 Å². The summed E-state index contributed by atoms with van der Waals surface area (Å²) in [6.07, 6.45) is 3.22. The molecule has 106 valence electrons. The van der Waals surface area contributed by atoms with Crippen LogP contribution < -0.4 is 10.6 Å². The third-order valence-electron chi connectivity index (χ3n) is 3.48. The Morgan fingerprint density at radius 3 is 2.44 bits per heavy atom. The van der Waals surface area contributed by atoms with Gasteiger partial charge in [0.2, 0.25) is 0 Å². The van der Waals surface area contributed by atoms with Crippen LogP contribution in [0.1, 0.15) is 47.0 Å². The molecule has 4 heteroatoms. The summed E-state index contributed by atoms with van der Waals surface area (Å²) < 4.78 is 5.26. The molecule has 0 aromatic heterocycles. The molecule has 2 N–H and O–H groups in total. The highest BCUT2D eigenvalue weighted by molar-refractivity contribution is 5.67. The van der Waals surface area contributed by atoms with Crippen LogP contribution in [0.2, 0.25) is 0 Å². The Morgan fingerprint density at radius 2 is 1.89 bits per heavy atom. The average Bonchev–Trinajstić information content (AvgIpc) is 2.48. The summed E-state index contributed by atoms with van der Waals surface area (Å²) in [4.78, 5) is 11.6. The molecule has 1 saturated heterocycles. The second-order valence-corrected chi connectivity index (χ2v) is 6.14. The van der Waals surface area contributed by atoms with Gasteiger partial charge in [-0.2, -0.15) is 0 Å². The van der Waals surface area contributed by atoms with Gasteiger partial charge in [-0.05, 0) is 58.5 Å². The summed E-state index contributed by atoms with van der Waals surface area (Å²) in [5, 5.41) is 6.34. The molecule has 1 fully saturated rings. The minimum Gasteiger partial charge on any atom is -0.444 e. The molecule has 1 aliphatic heterocycles. The highest BCUT2D eigenvalue weighted by atomic mass is 16.6. The van der Waals surface area contributed by atoms with Crippen molar-refractivity contribution >= 4 is 6.09 Å². The van der Waals surface area contributed by atoms with E-state index in [0.29, 0.717) is 11.8 Å². The number of nitrogens with one attached hydrogen (secondary N) is 2. The molecule has 0 saturated carbocycles. The molecule has 1 aliphatic rings. The fraction of sp³-hybridized carbons (Fsp3) is 0.929. The van der Waals surface area contributed by atoms with E-state index < -0.39 is 5.60 Å². The maximum Gasteiger partial charge on any atom is 0.407 e. The molecule has 0 aromatic carbocycles. The van der Waals surface area contributed by atoms with Crippen molar-refractivity contribution in [1.82, 2.24) is 10.6 Å². The molecule has 0 aliphatic carbocycles. The predicted molar refractivity (Wildman–Crippen MR) is 73.6 cm³/mol. The Balaban J connectivity index is 2.37. The van der Waals surface area contributed by atoms with Crippen LogP contribution in [0.5, 0.6) is 0 Å². The van der Waals surface area contributed by atoms with Crippen LogP contribution in [0.4, 0.5) is 4.79 Å². The van der Waals surface area contributed by atoms with E-state index in [9.17, 15) is 4.79 Å². The van der Waals surface area contributed by atoms with Gasteiger partial charge in [0.05, 0.1) is 0 Å². The summed E-state index contributed by atoms with van der Waals surface area (Å²) in [5.74, 6) is 1.27. The minimum atomic E-state index is -0.417. The third-order valence-corrected chi connectivity index (χ3v) is 3.48. The van der Waals surface area contributed by atoms with Crippen LogP contribution in [-0.4, -0.2) is 31.3 Å². The zero-order valence-electron chi connectivity index (χ0n) is 12.2. The van der Waals surface area contributed by atoms with E-state index in [0.717, 1.165) is 26.1 Å². The lowest BCUT2D eigenvalue weighted by Crippen LogP contribution is -2.37. The molecule has 0 spiro atoms. The van der Waals surface area contributed by atoms with Crippen LogP contribution >= 0.6 is 0 Å². The molecule has 1 heterocycles. The van der Waals surface area contributed by atoms with Crippen molar-refractivity contribution in [2.45, 2.75) is 52.6 Å². The van der Waals surface area contributed by atoms with Gasteiger partial charge < -0.3 is 15.4 Å². The number of amides is 1. The first-order valence-electron chi connectivity index (χ1n) is 7.10. The summed E-state index contributed by atoms with van der Waals surface area (Å²) in [6.45, 7) is 10.8. The molecule has 2 atom stereocenters. The molecule has 0 aromatic rings. The smallest absolute Gasteiger partial charge is 0.407 e. The Kier molecular flexibility index (Phi) is 5.93. The number of rotatable bonds is 3. The maximum absolute atomic E-state index is 11.6. The van der Waals surface area contributed by atoms with Gasteiger partial charge in [0.25, 0.3) is 0 Å². The van der Waals surface area contributed by atoms with E-state index in [1.807, 2.05) is 20.8 Å². The third kappa shape index (κ3) is 5.71. The Labute approximate surface area is 111 Å². The van der Waals surface area contributed by atoms with Crippen molar-refractivity contribution in [3.63, 3.8) is 0 Å². The predicted octanol–water partition coefficient (Wildman–Crippen LogP) is 2.54. The van der Waals surface area contributed by atoms with Crippen molar-refractivity contribution < 1.29 is 9.53 Å². The van der Waals surface area contributed by atoms with Crippen molar-refractivity contribution in [3.05, 3.63) is 0 Å². The molecule has 4 nitrogen and oxygen atoms in total. The normalized spacial score (nSPS) is 25.3. The van der Waals surface area contributed by atoms with Gasteiger partial charge in [0.1, 0.15) is 5.60 Å². The van der Waals surface area contributed by atoms with Gasteiger partial charge in [-0.25, -0.2) is 4.79 Å². The molecule has 0 radical (unpaired) electrons. The molecule has 18 heavy (non-hydrogen) atoms. The first-order valence-corrected chi connectivity index (χ1v) is 7.10. The van der Waals surface area contributed by atoms with Crippen molar-refractivity contribution in [3.8, 4) is 0 Å². The Bertz CT molecular complexity index is 261. The maximum atomic E-state index is 11.6. The quantitative estimate of drug-likeness (QED) is 0.816. The first-order chi connectivity index (χ1) is 8.42. The van der Waals surface area contributed by atoms with E-state index >= 15 is 0 Å². The van der Waals surface area contributed by atoms with Gasteiger partial charge in [-0.3, -0.25) is 0 Å². The van der Waals surface area contributed by atoms with E-state index in [1.54, 1.807) is 0 Å². The molecule has 1 rings (SSSR count). The first kappa shape index (κ1) is 15.3. The fourth-order valence-corrected chi connectivity index (χ4v) is 2.51. The topological polar surface area (TPSA) is 50.4 Å². The second-order valence-electron chi connectivity index (χ2n) is 6.14. The monoisotopic (exact) mass is 256 g/mol. The van der Waals surface area contributed by atoms with E-state index in [-0.39, 0.29) is 6.09 Å². The minimum absolute atomic E-state index is 0.297. The van der Waals surface area contributed by atoms with Gasteiger partial charge in [-0.1, -0.05) is 13.3 Å². The lowest BCUT2D eigenvalue weighted by molar-refractivity contribution is 0.0512. The van der Waals surface area contributed by atoms with E-state index in [1.165, 1.54) is 12.8 Å². The van der Waals surface area contributed by atoms with Crippen molar-refractivity contribution in [2.24, 2.45) is 11.8 Å². The number of ether oxygens (including phenoxy) is 1. The summed E-state index contributed by atoms with van der Waals surface area (Å²) in [6, 6.07) is 0. The number of hydrogen-bond donors (Lipinski definition) is 2. The van der Waals surface area contributed by atoms with Crippen LogP contribution in [0.25, 0.3) is 0 Å². The average molecular weight is 256 g/mol. The zero-order valence-corrected chi connectivity index (χ0v) is 12.2. The van der Waals surface area contributed by atoms with Crippen LogP contribution in [0.3, 0.4) is 0 Å². The largest absolute Gasteiger partial charge is 0.444 e.